The minimum Gasteiger partial charge on any atom is -0.480 e. The van der Waals surface area contributed by atoms with Gasteiger partial charge in [0.2, 0.25) is 11.8 Å². The minimum atomic E-state index is -1.04. The van der Waals surface area contributed by atoms with Crippen LogP contribution < -0.4 is 5.32 Å². The third kappa shape index (κ3) is 5.43. The summed E-state index contributed by atoms with van der Waals surface area (Å²) in [6.45, 7) is 10.0. The van der Waals surface area contributed by atoms with Crippen LogP contribution in [-0.2, 0) is 14.4 Å². The average Bonchev–Trinajstić information content (AvgIpc) is 2.50. The molecule has 0 aromatic carbocycles. The molecule has 0 spiro atoms. The summed E-state index contributed by atoms with van der Waals surface area (Å²) in [6, 6.07) is -1.95. The van der Waals surface area contributed by atoms with Crippen LogP contribution in [0.15, 0.2) is 0 Å². The second kappa shape index (κ2) is 8.84. The number of aliphatic carboxylic acids is 1. The van der Waals surface area contributed by atoms with Crippen molar-refractivity contribution in [1.82, 2.24) is 15.1 Å². The van der Waals surface area contributed by atoms with Crippen molar-refractivity contribution in [2.24, 2.45) is 11.3 Å². The summed E-state index contributed by atoms with van der Waals surface area (Å²) >= 11 is 0. The monoisotopic (exact) mass is 369 g/mol. The van der Waals surface area contributed by atoms with E-state index in [9.17, 15) is 19.5 Å². The first-order valence-corrected chi connectivity index (χ1v) is 9.38. The fourth-order valence-electron chi connectivity index (χ4n) is 3.53. The molecule has 0 aromatic rings. The third-order valence-corrected chi connectivity index (χ3v) is 5.12. The Balaban J connectivity index is 3.00. The van der Waals surface area contributed by atoms with E-state index < -0.39 is 23.5 Å². The average molecular weight is 370 g/mol. The Morgan fingerprint density at radius 3 is 2.19 bits per heavy atom. The van der Waals surface area contributed by atoms with Gasteiger partial charge in [-0.3, -0.25) is 14.5 Å². The predicted molar refractivity (Wildman–Crippen MR) is 101 cm³/mol. The van der Waals surface area contributed by atoms with Crippen molar-refractivity contribution < 1.29 is 19.5 Å². The Kier molecular flexibility index (Phi) is 7.62. The van der Waals surface area contributed by atoms with Crippen molar-refractivity contribution in [3.05, 3.63) is 0 Å². The molecule has 0 saturated carbocycles. The smallest absolute Gasteiger partial charge is 0.326 e. The number of piperidine rings is 1. The third-order valence-electron chi connectivity index (χ3n) is 5.12. The fraction of sp³-hybridized carbons (Fsp3) is 0.842. The second-order valence-electron chi connectivity index (χ2n) is 8.78. The number of rotatable bonds is 6. The highest BCUT2D eigenvalue weighted by Gasteiger charge is 2.40. The number of hydrogen-bond acceptors (Lipinski definition) is 4. The molecule has 26 heavy (non-hydrogen) atoms. The van der Waals surface area contributed by atoms with Crippen LogP contribution in [0, 0.1) is 11.3 Å². The summed E-state index contributed by atoms with van der Waals surface area (Å²) in [5.74, 6) is -1.81. The molecule has 7 heteroatoms. The van der Waals surface area contributed by atoms with Crippen molar-refractivity contribution >= 4 is 17.8 Å². The quantitative estimate of drug-likeness (QED) is 0.742. The molecule has 0 unspecified atom stereocenters. The highest BCUT2D eigenvalue weighted by atomic mass is 16.4. The Hall–Kier alpha value is -1.63. The van der Waals surface area contributed by atoms with Crippen molar-refractivity contribution in [2.45, 2.75) is 72.0 Å². The largest absolute Gasteiger partial charge is 0.480 e. The number of amides is 2. The van der Waals surface area contributed by atoms with Crippen LogP contribution in [0.2, 0.25) is 0 Å². The van der Waals surface area contributed by atoms with Gasteiger partial charge in [-0.2, -0.15) is 0 Å². The molecular weight excluding hydrogens is 334 g/mol. The standard InChI is InChI=1S/C19H35N3O4/c1-12(2)14(18(25)26)22(7)17(24)15(19(3,4)5)20-16(23)13-10-8-9-11-21(13)6/h12-15H,8-11H2,1-7H3,(H,20,23)(H,25,26)/t13-,14+,15-/m1/s1. The van der Waals surface area contributed by atoms with Crippen molar-refractivity contribution in [1.29, 1.82) is 0 Å². The summed E-state index contributed by atoms with van der Waals surface area (Å²) in [5.41, 5.74) is -0.533. The van der Waals surface area contributed by atoms with E-state index >= 15 is 0 Å². The number of likely N-dealkylation sites (N-methyl/N-ethyl adjacent to an activating group) is 2. The number of carboxylic acids is 1. The van der Waals surface area contributed by atoms with Gasteiger partial charge >= 0.3 is 5.97 Å². The summed E-state index contributed by atoms with van der Waals surface area (Å²) in [5, 5.41) is 12.4. The van der Waals surface area contributed by atoms with E-state index in [0.717, 1.165) is 25.8 Å². The highest BCUT2D eigenvalue weighted by molar-refractivity contribution is 5.92. The number of hydrogen-bond donors (Lipinski definition) is 2. The van der Waals surface area contributed by atoms with Gasteiger partial charge in [0.25, 0.3) is 0 Å². The van der Waals surface area contributed by atoms with Crippen LogP contribution in [-0.4, -0.2) is 71.5 Å². The summed E-state index contributed by atoms with van der Waals surface area (Å²) < 4.78 is 0. The maximum Gasteiger partial charge on any atom is 0.326 e. The number of likely N-dealkylation sites (tertiary alicyclic amines) is 1. The molecule has 2 amide bonds. The maximum atomic E-state index is 13.1. The number of nitrogens with one attached hydrogen (secondary N) is 1. The van der Waals surface area contributed by atoms with Gasteiger partial charge in [0.15, 0.2) is 0 Å². The molecule has 1 rings (SSSR count). The fourth-order valence-corrected chi connectivity index (χ4v) is 3.53. The van der Waals surface area contributed by atoms with Gasteiger partial charge in [-0.15, -0.1) is 0 Å². The zero-order valence-electron chi connectivity index (χ0n) is 17.2. The maximum absolute atomic E-state index is 13.1. The highest BCUT2D eigenvalue weighted by Crippen LogP contribution is 2.24. The Labute approximate surface area is 157 Å². The molecule has 0 radical (unpaired) electrons. The molecule has 0 aliphatic carbocycles. The molecule has 0 bridgehead atoms. The lowest BCUT2D eigenvalue weighted by Gasteiger charge is -2.38. The normalized spacial score (nSPS) is 21.2. The number of carbonyl (C=O) groups is 3. The molecule has 1 aliphatic rings. The molecule has 150 valence electrons. The molecule has 1 fully saturated rings. The molecule has 2 N–H and O–H groups in total. The molecule has 1 aliphatic heterocycles. The van der Waals surface area contributed by atoms with Crippen LogP contribution in [0.3, 0.4) is 0 Å². The SMILES string of the molecule is CC(C)[C@@H](C(=O)O)N(C)C(=O)[C@@H](NC(=O)[C@H]1CCCCN1C)C(C)(C)C. The molecule has 1 heterocycles. The van der Waals surface area contributed by atoms with Crippen molar-refractivity contribution in [2.75, 3.05) is 20.6 Å². The topological polar surface area (TPSA) is 90.0 Å². The lowest BCUT2D eigenvalue weighted by molar-refractivity contribution is -0.153. The first kappa shape index (κ1) is 22.4. The Morgan fingerprint density at radius 2 is 1.77 bits per heavy atom. The number of nitrogens with zero attached hydrogens (tertiary/aromatic N) is 2. The molecule has 7 nitrogen and oxygen atoms in total. The first-order valence-electron chi connectivity index (χ1n) is 9.38. The van der Waals surface area contributed by atoms with Crippen LogP contribution in [0.5, 0.6) is 0 Å². The van der Waals surface area contributed by atoms with E-state index in [1.54, 1.807) is 13.8 Å². The Bertz CT molecular complexity index is 527. The van der Waals surface area contributed by atoms with E-state index in [1.165, 1.54) is 11.9 Å². The van der Waals surface area contributed by atoms with Gasteiger partial charge in [0, 0.05) is 7.05 Å². The lowest BCUT2D eigenvalue weighted by Crippen LogP contribution is -2.60. The minimum absolute atomic E-state index is 0.162. The van der Waals surface area contributed by atoms with Crippen LogP contribution in [0.25, 0.3) is 0 Å². The predicted octanol–water partition coefficient (Wildman–Crippen LogP) is 1.57. The van der Waals surface area contributed by atoms with Gasteiger partial charge in [0.05, 0.1) is 6.04 Å². The Morgan fingerprint density at radius 1 is 1.19 bits per heavy atom. The van der Waals surface area contributed by atoms with Gasteiger partial charge < -0.3 is 15.3 Å². The second-order valence-corrected chi connectivity index (χ2v) is 8.78. The van der Waals surface area contributed by atoms with Gasteiger partial charge in [-0.1, -0.05) is 41.0 Å². The van der Waals surface area contributed by atoms with E-state index in [0.29, 0.717) is 0 Å². The molecule has 3 atom stereocenters. The zero-order chi connectivity index (χ0) is 20.2. The molecular formula is C19H35N3O4. The number of carboxylic acid groups (broad SMARTS) is 1. The molecule has 0 aromatic heterocycles. The van der Waals surface area contributed by atoms with E-state index in [2.05, 4.69) is 5.32 Å². The summed E-state index contributed by atoms with van der Waals surface area (Å²) in [7, 11) is 3.42. The first-order chi connectivity index (χ1) is 11.9. The lowest BCUT2D eigenvalue weighted by atomic mass is 9.84. The van der Waals surface area contributed by atoms with Crippen LogP contribution in [0.4, 0.5) is 0 Å². The van der Waals surface area contributed by atoms with Crippen molar-refractivity contribution in [3.8, 4) is 0 Å². The zero-order valence-corrected chi connectivity index (χ0v) is 17.2. The molecule has 1 saturated heterocycles. The van der Waals surface area contributed by atoms with Gasteiger partial charge in [-0.25, -0.2) is 4.79 Å². The summed E-state index contributed by atoms with van der Waals surface area (Å²) in [6.07, 6.45) is 2.83. The summed E-state index contributed by atoms with van der Waals surface area (Å²) in [4.78, 5) is 40.7. The number of carbonyl (C=O) groups excluding carboxylic acids is 2. The van der Waals surface area contributed by atoms with E-state index in [1.807, 2.05) is 32.7 Å². The van der Waals surface area contributed by atoms with E-state index in [4.69, 9.17) is 0 Å². The van der Waals surface area contributed by atoms with E-state index in [-0.39, 0.29) is 23.8 Å². The van der Waals surface area contributed by atoms with Gasteiger partial charge in [0.1, 0.15) is 12.1 Å². The van der Waals surface area contributed by atoms with Crippen LogP contribution >= 0.6 is 0 Å². The van der Waals surface area contributed by atoms with Crippen molar-refractivity contribution in [3.63, 3.8) is 0 Å². The van der Waals surface area contributed by atoms with Crippen LogP contribution in [0.1, 0.15) is 53.9 Å². The van der Waals surface area contributed by atoms with Gasteiger partial charge in [-0.05, 0) is 37.8 Å².